The first kappa shape index (κ1) is 20.3. The Bertz CT molecular complexity index is 1340. The average Bonchev–Trinajstić information content (AvgIpc) is 3.40. The van der Waals surface area contributed by atoms with E-state index in [9.17, 15) is 22.7 Å². The molecule has 33 heavy (non-hydrogen) atoms. The van der Waals surface area contributed by atoms with Crippen molar-refractivity contribution in [2.75, 3.05) is 5.32 Å². The zero-order valence-electron chi connectivity index (χ0n) is 17.5. The molecular formula is C23H21FN4O4S. The summed E-state index contributed by atoms with van der Waals surface area (Å²) < 4.78 is 42.8. The highest BCUT2D eigenvalue weighted by Crippen LogP contribution is 2.55. The molecular weight excluding hydrogens is 447 g/mol. The summed E-state index contributed by atoms with van der Waals surface area (Å²) in [5.41, 5.74) is 0.621. The fourth-order valence-electron chi connectivity index (χ4n) is 5.94. The van der Waals surface area contributed by atoms with Gasteiger partial charge in [0.1, 0.15) is 22.0 Å². The number of carbonyl (C=O) groups excluding carboxylic acids is 1. The van der Waals surface area contributed by atoms with Crippen molar-refractivity contribution in [3.05, 3.63) is 65.3 Å². The molecule has 2 saturated carbocycles. The Morgan fingerprint density at radius 2 is 1.91 bits per heavy atom. The third-order valence-corrected chi connectivity index (χ3v) is 8.59. The monoisotopic (exact) mass is 468 g/mol. The topological polar surface area (TPSA) is 112 Å². The summed E-state index contributed by atoms with van der Waals surface area (Å²) >= 11 is 0. The van der Waals surface area contributed by atoms with Crippen molar-refractivity contribution in [2.24, 2.45) is 22.2 Å². The summed E-state index contributed by atoms with van der Waals surface area (Å²) in [4.78, 5) is 19.4. The number of hydrogen-bond donors (Lipinski definition) is 2. The van der Waals surface area contributed by atoms with E-state index in [2.05, 4.69) is 14.7 Å². The molecule has 0 unspecified atom stereocenters. The number of amides is 1. The number of halogens is 1. The molecule has 0 radical (unpaired) electrons. The number of amidine groups is 1. The number of pyridine rings is 1. The van der Waals surface area contributed by atoms with Crippen molar-refractivity contribution < 1.29 is 22.7 Å². The molecule has 2 fully saturated rings. The number of aromatic nitrogens is 1. The largest absolute Gasteiger partial charge is 0.511 e. The highest BCUT2D eigenvalue weighted by Gasteiger charge is 2.57. The van der Waals surface area contributed by atoms with Crippen LogP contribution in [0.5, 0.6) is 0 Å². The lowest BCUT2D eigenvalue weighted by Gasteiger charge is -2.44. The van der Waals surface area contributed by atoms with E-state index in [4.69, 9.17) is 0 Å². The Morgan fingerprint density at radius 1 is 1.15 bits per heavy atom. The normalized spacial score (nSPS) is 29.4. The van der Waals surface area contributed by atoms with Gasteiger partial charge in [-0.2, -0.15) is 8.42 Å². The molecule has 0 spiro atoms. The average molecular weight is 469 g/mol. The van der Waals surface area contributed by atoms with Crippen LogP contribution in [0.3, 0.4) is 0 Å². The predicted molar refractivity (Wildman–Crippen MR) is 117 cm³/mol. The number of anilines is 1. The van der Waals surface area contributed by atoms with Crippen LogP contribution >= 0.6 is 0 Å². The number of hydrogen-bond acceptors (Lipinski definition) is 6. The molecule has 0 saturated heterocycles. The Hall–Kier alpha value is -3.27. The van der Waals surface area contributed by atoms with Gasteiger partial charge in [0.15, 0.2) is 11.7 Å². The van der Waals surface area contributed by atoms with Crippen LogP contribution in [0, 0.1) is 23.6 Å². The Kier molecular flexibility index (Phi) is 4.39. The summed E-state index contributed by atoms with van der Waals surface area (Å²) in [6.07, 6.45) is 4.27. The third-order valence-electron chi connectivity index (χ3n) is 7.28. The molecule has 8 nitrogen and oxygen atoms in total. The maximum Gasteiger partial charge on any atom is 0.287 e. The number of carbonyl (C=O) groups is 1. The highest BCUT2D eigenvalue weighted by atomic mass is 32.2. The predicted octanol–water partition coefficient (Wildman–Crippen LogP) is 3.00. The third kappa shape index (κ3) is 3.07. The van der Waals surface area contributed by atoms with Gasteiger partial charge in [0.2, 0.25) is 0 Å². The lowest BCUT2D eigenvalue weighted by atomic mass is 9.77. The minimum atomic E-state index is -4.10. The summed E-state index contributed by atoms with van der Waals surface area (Å²) in [6.45, 7) is 0.231. The van der Waals surface area contributed by atoms with Crippen molar-refractivity contribution in [1.82, 2.24) is 9.88 Å². The van der Waals surface area contributed by atoms with Crippen LogP contribution < -0.4 is 5.32 Å². The van der Waals surface area contributed by atoms with E-state index in [0.29, 0.717) is 0 Å². The van der Waals surface area contributed by atoms with Gasteiger partial charge in [0.25, 0.3) is 15.9 Å². The van der Waals surface area contributed by atoms with Gasteiger partial charge in [-0.25, -0.2) is 9.37 Å². The van der Waals surface area contributed by atoms with Crippen molar-refractivity contribution in [3.8, 4) is 0 Å². The second-order valence-corrected chi connectivity index (χ2v) is 10.6. The molecule has 1 aromatic heterocycles. The lowest BCUT2D eigenvalue weighted by molar-refractivity contribution is -0.134. The van der Waals surface area contributed by atoms with Crippen LogP contribution in [0.2, 0.25) is 0 Å². The van der Waals surface area contributed by atoms with Gasteiger partial charge in [-0.3, -0.25) is 4.79 Å². The Morgan fingerprint density at radius 3 is 2.70 bits per heavy atom. The van der Waals surface area contributed by atoms with Crippen LogP contribution in [-0.4, -0.2) is 41.2 Å². The number of fused-ring (bicyclic) bond motifs is 6. The molecule has 1 amide bonds. The van der Waals surface area contributed by atoms with Gasteiger partial charge in [0.05, 0.1) is 0 Å². The summed E-state index contributed by atoms with van der Waals surface area (Å²) in [7, 11) is -4.10. The van der Waals surface area contributed by atoms with Gasteiger partial charge in [-0.05, 0) is 60.9 Å². The molecule has 4 aliphatic rings. The second-order valence-electron chi connectivity index (χ2n) is 9.06. The number of nitrogens with zero attached hydrogens (tertiary/aromatic N) is 3. The van der Waals surface area contributed by atoms with Gasteiger partial charge in [0, 0.05) is 24.7 Å². The molecule has 1 aromatic carbocycles. The number of rotatable bonds is 3. The van der Waals surface area contributed by atoms with E-state index in [1.807, 2.05) is 0 Å². The van der Waals surface area contributed by atoms with E-state index in [1.165, 1.54) is 30.5 Å². The molecule has 170 valence electrons. The molecule has 4 atom stereocenters. The van der Waals surface area contributed by atoms with Crippen LogP contribution in [0.1, 0.15) is 24.8 Å². The molecule has 2 aromatic rings. The van der Waals surface area contributed by atoms with E-state index in [1.54, 1.807) is 17.0 Å². The van der Waals surface area contributed by atoms with Gasteiger partial charge >= 0.3 is 0 Å². The van der Waals surface area contributed by atoms with Crippen molar-refractivity contribution in [2.45, 2.75) is 36.7 Å². The first-order valence-electron chi connectivity index (χ1n) is 10.9. The van der Waals surface area contributed by atoms with Crippen LogP contribution in [0.4, 0.5) is 10.2 Å². The minimum absolute atomic E-state index is 0.0655. The quantitative estimate of drug-likeness (QED) is 0.716. The van der Waals surface area contributed by atoms with Crippen LogP contribution in [-0.2, 0) is 21.4 Å². The van der Waals surface area contributed by atoms with Gasteiger partial charge < -0.3 is 15.3 Å². The van der Waals surface area contributed by atoms with Crippen molar-refractivity contribution in [3.63, 3.8) is 0 Å². The number of nitrogens with one attached hydrogen (secondary N) is 1. The maximum atomic E-state index is 13.7. The summed E-state index contributed by atoms with van der Waals surface area (Å²) in [5, 5.41) is 14.1. The zero-order chi connectivity index (χ0) is 22.9. The van der Waals surface area contributed by atoms with E-state index in [-0.39, 0.29) is 64.0 Å². The summed E-state index contributed by atoms with van der Waals surface area (Å²) in [6, 6.07) is 8.64. The van der Waals surface area contributed by atoms with E-state index < -0.39 is 15.9 Å². The SMILES string of the molecule is O=C1C(C2=NS(=O)(=O)c3cccnc3N2)=C(O)[C@@H]2[C@H]3CC[C@@H](C3)[C@@H]2N1Cc1ccc(F)cc1. The first-order valence-corrected chi connectivity index (χ1v) is 12.3. The standard InChI is InChI=1S/C23H21FN4O4S/c24-15-7-3-12(4-8-15)11-28-19-14-6-5-13(10-14)17(19)20(29)18(23(28)30)22-26-21-16(2-1-9-25-21)33(31,32)27-22/h1-4,7-9,13-14,17,19,29H,5-6,10-11H2,(H,25,26,27)/t13-,14-,17+,19-/m0/s1. The van der Waals surface area contributed by atoms with E-state index in [0.717, 1.165) is 24.8 Å². The first-order chi connectivity index (χ1) is 15.8. The lowest BCUT2D eigenvalue weighted by Crippen LogP contribution is -2.53. The van der Waals surface area contributed by atoms with Gasteiger partial charge in [-0.1, -0.05) is 12.1 Å². The smallest absolute Gasteiger partial charge is 0.287 e. The molecule has 10 heteroatoms. The maximum absolute atomic E-state index is 13.7. The zero-order valence-corrected chi connectivity index (χ0v) is 18.3. The van der Waals surface area contributed by atoms with Crippen molar-refractivity contribution >= 4 is 27.6 Å². The fraction of sp³-hybridized carbons (Fsp3) is 0.348. The molecule has 2 aliphatic carbocycles. The van der Waals surface area contributed by atoms with Crippen LogP contribution in [0.25, 0.3) is 0 Å². The molecule has 6 rings (SSSR count). The van der Waals surface area contributed by atoms with E-state index >= 15 is 0 Å². The number of sulfonamides is 1. The Labute approximate surface area is 189 Å². The summed E-state index contributed by atoms with van der Waals surface area (Å²) in [5.74, 6) is -0.916. The van der Waals surface area contributed by atoms with Gasteiger partial charge in [-0.15, -0.1) is 4.40 Å². The molecule has 2 bridgehead atoms. The van der Waals surface area contributed by atoms with Crippen LogP contribution in [0.15, 0.2) is 63.2 Å². The second kappa shape index (κ2) is 7.11. The minimum Gasteiger partial charge on any atom is -0.511 e. The number of aliphatic hydroxyl groups excluding tert-OH is 1. The Balaban J connectivity index is 1.45. The number of aliphatic hydroxyl groups is 1. The molecule has 2 N–H and O–H groups in total. The van der Waals surface area contributed by atoms with Crippen molar-refractivity contribution in [1.29, 1.82) is 0 Å². The highest BCUT2D eigenvalue weighted by molar-refractivity contribution is 7.90. The molecule has 3 heterocycles. The molecule has 2 aliphatic heterocycles. The number of benzene rings is 1. The fourth-order valence-corrected chi connectivity index (χ4v) is 7.02.